The van der Waals surface area contributed by atoms with Crippen LogP contribution in [0.15, 0.2) is 58.0 Å². The van der Waals surface area contributed by atoms with Crippen molar-refractivity contribution in [3.63, 3.8) is 0 Å². The van der Waals surface area contributed by atoms with Gasteiger partial charge in [-0.25, -0.2) is 4.99 Å². The first-order chi connectivity index (χ1) is 12.7. The minimum Gasteiger partial charge on any atom is -0.496 e. The monoisotopic (exact) mass is 419 g/mol. The highest BCUT2D eigenvalue weighted by molar-refractivity contribution is 9.10. The molecule has 2 aromatic rings. The molecule has 0 amide bonds. The van der Waals surface area contributed by atoms with Crippen molar-refractivity contribution in [1.29, 1.82) is 0 Å². The van der Waals surface area contributed by atoms with Crippen molar-refractivity contribution in [2.24, 2.45) is 4.99 Å². The van der Waals surface area contributed by atoms with Gasteiger partial charge in [0.05, 0.1) is 20.3 Å². The molecule has 0 aromatic heterocycles. The van der Waals surface area contributed by atoms with Crippen LogP contribution in [0.25, 0.3) is 0 Å². The zero-order valence-corrected chi connectivity index (χ0v) is 16.8. The molecular weight excluding hydrogens is 394 g/mol. The SMILES string of the molecule is CCNC(=NCc1cc(Br)ccc1OC)NCC(CO)c1ccccc1. The van der Waals surface area contributed by atoms with Gasteiger partial charge in [0.25, 0.3) is 0 Å². The van der Waals surface area contributed by atoms with E-state index in [1.165, 1.54) is 0 Å². The summed E-state index contributed by atoms with van der Waals surface area (Å²) in [5, 5.41) is 16.3. The molecule has 140 valence electrons. The minimum atomic E-state index is 0.0143. The van der Waals surface area contributed by atoms with E-state index in [0.717, 1.165) is 27.9 Å². The Balaban J connectivity index is 2.06. The summed E-state index contributed by atoms with van der Waals surface area (Å²) in [5.41, 5.74) is 2.10. The van der Waals surface area contributed by atoms with Crippen LogP contribution in [0, 0.1) is 0 Å². The van der Waals surface area contributed by atoms with E-state index in [1.807, 2.05) is 55.5 Å². The molecule has 0 heterocycles. The van der Waals surface area contributed by atoms with Gasteiger partial charge in [0.15, 0.2) is 5.96 Å². The molecule has 1 atom stereocenters. The van der Waals surface area contributed by atoms with Gasteiger partial charge < -0.3 is 20.5 Å². The first kappa shape index (κ1) is 20.3. The van der Waals surface area contributed by atoms with Crippen LogP contribution in [-0.2, 0) is 6.54 Å². The molecule has 2 aromatic carbocycles. The Morgan fingerprint density at radius 3 is 2.62 bits per heavy atom. The number of halogens is 1. The maximum atomic E-state index is 9.71. The molecule has 0 aliphatic carbocycles. The van der Waals surface area contributed by atoms with Crippen molar-refractivity contribution < 1.29 is 9.84 Å². The van der Waals surface area contributed by atoms with Crippen LogP contribution >= 0.6 is 15.9 Å². The normalized spacial score (nSPS) is 12.5. The van der Waals surface area contributed by atoms with E-state index in [9.17, 15) is 5.11 Å². The van der Waals surface area contributed by atoms with Crippen LogP contribution in [-0.4, -0.2) is 37.9 Å². The number of aliphatic hydroxyl groups is 1. The highest BCUT2D eigenvalue weighted by Gasteiger charge is 2.11. The number of ether oxygens (including phenoxy) is 1. The lowest BCUT2D eigenvalue weighted by molar-refractivity contribution is 0.265. The Morgan fingerprint density at radius 1 is 1.19 bits per heavy atom. The number of methoxy groups -OCH3 is 1. The third-order valence-electron chi connectivity index (χ3n) is 4.00. The van der Waals surface area contributed by atoms with Crippen molar-refractivity contribution in [2.75, 3.05) is 26.8 Å². The lowest BCUT2D eigenvalue weighted by Crippen LogP contribution is -2.39. The molecule has 0 aliphatic rings. The number of aliphatic hydroxyl groups excluding tert-OH is 1. The molecule has 6 heteroatoms. The quantitative estimate of drug-likeness (QED) is 0.453. The second-order valence-electron chi connectivity index (χ2n) is 5.82. The van der Waals surface area contributed by atoms with Crippen LogP contribution in [0.2, 0.25) is 0 Å². The molecule has 0 aliphatic heterocycles. The maximum Gasteiger partial charge on any atom is 0.191 e. The summed E-state index contributed by atoms with van der Waals surface area (Å²) in [5.74, 6) is 1.54. The largest absolute Gasteiger partial charge is 0.496 e. The molecule has 0 saturated heterocycles. The Hall–Kier alpha value is -2.05. The van der Waals surface area contributed by atoms with Gasteiger partial charge in [-0.15, -0.1) is 0 Å². The highest BCUT2D eigenvalue weighted by atomic mass is 79.9. The molecule has 0 radical (unpaired) electrons. The lowest BCUT2D eigenvalue weighted by Gasteiger charge is -2.18. The molecule has 1 unspecified atom stereocenters. The summed E-state index contributed by atoms with van der Waals surface area (Å²) < 4.78 is 6.39. The summed E-state index contributed by atoms with van der Waals surface area (Å²) in [6.07, 6.45) is 0. The minimum absolute atomic E-state index is 0.0143. The molecule has 0 saturated carbocycles. The van der Waals surface area contributed by atoms with Crippen molar-refractivity contribution in [1.82, 2.24) is 10.6 Å². The molecule has 0 bridgehead atoms. The number of aliphatic imine (C=N–C) groups is 1. The molecule has 0 spiro atoms. The number of nitrogens with one attached hydrogen (secondary N) is 2. The number of guanidine groups is 1. The zero-order valence-electron chi connectivity index (χ0n) is 15.2. The van der Waals surface area contributed by atoms with Gasteiger partial charge in [0, 0.05) is 29.0 Å². The Labute approximate surface area is 163 Å². The molecule has 3 N–H and O–H groups in total. The van der Waals surface area contributed by atoms with Crippen LogP contribution in [0.1, 0.15) is 24.0 Å². The van der Waals surface area contributed by atoms with Gasteiger partial charge in [-0.05, 0) is 30.7 Å². The lowest BCUT2D eigenvalue weighted by atomic mass is 10.0. The smallest absolute Gasteiger partial charge is 0.191 e. The standard InChI is InChI=1S/C20H26BrN3O2/c1-3-22-20(23-12-16-11-18(21)9-10-19(16)26-2)24-13-17(14-25)15-7-5-4-6-8-15/h4-11,17,25H,3,12-14H2,1-2H3,(H2,22,23,24). The number of rotatable bonds is 8. The molecular formula is C20H26BrN3O2. The summed E-state index contributed by atoms with van der Waals surface area (Å²) in [6.45, 7) is 3.96. The third kappa shape index (κ3) is 6.04. The number of hydrogen-bond donors (Lipinski definition) is 3. The number of hydrogen-bond acceptors (Lipinski definition) is 3. The van der Waals surface area contributed by atoms with Crippen molar-refractivity contribution in [3.8, 4) is 5.75 Å². The molecule has 0 fully saturated rings. The van der Waals surface area contributed by atoms with E-state index in [4.69, 9.17) is 4.74 Å². The summed E-state index contributed by atoms with van der Waals surface area (Å²) >= 11 is 3.49. The zero-order chi connectivity index (χ0) is 18.8. The second kappa shape index (κ2) is 10.8. The van der Waals surface area contributed by atoms with E-state index in [1.54, 1.807) is 7.11 Å². The fraction of sp³-hybridized carbons (Fsp3) is 0.350. The second-order valence-corrected chi connectivity index (χ2v) is 6.74. The Bertz CT molecular complexity index is 707. The van der Waals surface area contributed by atoms with E-state index in [-0.39, 0.29) is 12.5 Å². The van der Waals surface area contributed by atoms with E-state index >= 15 is 0 Å². The van der Waals surface area contributed by atoms with Crippen LogP contribution < -0.4 is 15.4 Å². The summed E-state index contributed by atoms with van der Waals surface area (Å²) in [7, 11) is 1.66. The summed E-state index contributed by atoms with van der Waals surface area (Å²) in [6, 6.07) is 15.9. The van der Waals surface area contributed by atoms with Gasteiger partial charge >= 0.3 is 0 Å². The van der Waals surface area contributed by atoms with Crippen LogP contribution in [0.4, 0.5) is 0 Å². The Kier molecular flexibility index (Phi) is 8.44. The van der Waals surface area contributed by atoms with Crippen LogP contribution in [0.5, 0.6) is 5.75 Å². The van der Waals surface area contributed by atoms with Crippen molar-refractivity contribution in [3.05, 3.63) is 64.1 Å². The van der Waals surface area contributed by atoms with Crippen molar-refractivity contribution >= 4 is 21.9 Å². The van der Waals surface area contributed by atoms with Gasteiger partial charge in [0.1, 0.15) is 5.75 Å². The molecule has 2 rings (SSSR count). The topological polar surface area (TPSA) is 65.9 Å². The Morgan fingerprint density at radius 2 is 1.96 bits per heavy atom. The fourth-order valence-electron chi connectivity index (χ4n) is 2.61. The molecule has 5 nitrogen and oxygen atoms in total. The van der Waals surface area contributed by atoms with E-state index in [0.29, 0.717) is 19.0 Å². The van der Waals surface area contributed by atoms with Gasteiger partial charge in [-0.1, -0.05) is 46.3 Å². The predicted molar refractivity (Wildman–Crippen MR) is 110 cm³/mol. The first-order valence-corrected chi connectivity index (χ1v) is 9.47. The van der Waals surface area contributed by atoms with Crippen LogP contribution in [0.3, 0.4) is 0 Å². The van der Waals surface area contributed by atoms with Gasteiger partial charge in [-0.3, -0.25) is 0 Å². The first-order valence-electron chi connectivity index (χ1n) is 8.68. The van der Waals surface area contributed by atoms with Crippen molar-refractivity contribution in [2.45, 2.75) is 19.4 Å². The average Bonchev–Trinajstić information content (AvgIpc) is 2.67. The number of nitrogens with zero attached hydrogens (tertiary/aromatic N) is 1. The van der Waals surface area contributed by atoms with E-state index in [2.05, 4.69) is 31.6 Å². The third-order valence-corrected chi connectivity index (χ3v) is 4.49. The fourth-order valence-corrected chi connectivity index (χ4v) is 3.02. The average molecular weight is 420 g/mol. The molecule has 26 heavy (non-hydrogen) atoms. The van der Waals surface area contributed by atoms with Gasteiger partial charge in [-0.2, -0.15) is 0 Å². The maximum absolute atomic E-state index is 9.71. The number of benzene rings is 2. The summed E-state index contributed by atoms with van der Waals surface area (Å²) in [4.78, 5) is 4.65. The van der Waals surface area contributed by atoms with E-state index < -0.39 is 0 Å². The van der Waals surface area contributed by atoms with Gasteiger partial charge in [0.2, 0.25) is 0 Å². The predicted octanol–water partition coefficient (Wildman–Crippen LogP) is 3.29. The highest BCUT2D eigenvalue weighted by Crippen LogP contribution is 2.23.